The van der Waals surface area contributed by atoms with Crippen LogP contribution in [-0.4, -0.2) is 33.2 Å². The van der Waals surface area contributed by atoms with Gasteiger partial charge in [-0.05, 0) is 55.3 Å². The molecule has 0 bridgehead atoms. The van der Waals surface area contributed by atoms with E-state index in [0.29, 0.717) is 33.8 Å². The number of nitrogens with zero attached hydrogens (tertiary/aromatic N) is 1. The molecule has 0 saturated carbocycles. The fraction of sp³-hybridized carbons (Fsp3) is 0.240. The zero-order valence-corrected chi connectivity index (χ0v) is 22.1. The third kappa shape index (κ3) is 6.92. The van der Waals surface area contributed by atoms with Crippen molar-refractivity contribution in [3.05, 3.63) is 93.5 Å². The van der Waals surface area contributed by atoms with Crippen LogP contribution in [0.4, 0.5) is 5.69 Å². The zero-order valence-electron chi connectivity index (χ0n) is 18.9. The average Bonchev–Trinajstić information content (AvgIpc) is 2.79. The van der Waals surface area contributed by atoms with E-state index in [1.165, 1.54) is 4.31 Å². The summed E-state index contributed by atoms with van der Waals surface area (Å²) in [6, 6.07) is 19.1. The summed E-state index contributed by atoms with van der Waals surface area (Å²) in [7, 11) is -3.93. The smallest absolute Gasteiger partial charge is 0.264 e. The number of amides is 1. The van der Waals surface area contributed by atoms with Crippen LogP contribution in [0.15, 0.2) is 71.6 Å². The summed E-state index contributed by atoms with van der Waals surface area (Å²) in [6.45, 7) is 3.81. The van der Waals surface area contributed by atoms with Crippen molar-refractivity contribution in [3.8, 4) is 0 Å². The molecule has 3 rings (SSSR count). The molecule has 0 aliphatic carbocycles. The number of carbonyl (C=O) groups is 1. The van der Waals surface area contributed by atoms with Gasteiger partial charge in [0, 0.05) is 28.1 Å². The van der Waals surface area contributed by atoms with Gasteiger partial charge in [-0.2, -0.15) is 11.8 Å². The van der Waals surface area contributed by atoms with Crippen molar-refractivity contribution in [1.29, 1.82) is 0 Å². The zero-order chi connectivity index (χ0) is 24.7. The predicted molar refractivity (Wildman–Crippen MR) is 143 cm³/mol. The lowest BCUT2D eigenvalue weighted by molar-refractivity contribution is -0.119. The third-order valence-electron chi connectivity index (χ3n) is 5.12. The number of hydrogen-bond donors (Lipinski definition) is 1. The van der Waals surface area contributed by atoms with Crippen LogP contribution in [0.1, 0.15) is 16.7 Å². The largest absolute Gasteiger partial charge is 0.354 e. The highest BCUT2D eigenvalue weighted by atomic mass is 35.5. The Balaban J connectivity index is 1.65. The van der Waals surface area contributed by atoms with E-state index >= 15 is 0 Å². The Morgan fingerprint density at radius 1 is 1.00 bits per heavy atom. The minimum Gasteiger partial charge on any atom is -0.354 e. The van der Waals surface area contributed by atoms with Gasteiger partial charge in [0.05, 0.1) is 10.6 Å². The lowest BCUT2D eigenvalue weighted by atomic mass is 10.2. The van der Waals surface area contributed by atoms with E-state index in [-0.39, 0.29) is 17.3 Å². The lowest BCUT2D eigenvalue weighted by Crippen LogP contribution is -2.41. The number of nitrogens with one attached hydrogen (secondary N) is 1. The minimum absolute atomic E-state index is 0.143. The number of sulfonamides is 1. The van der Waals surface area contributed by atoms with Gasteiger partial charge in [-0.15, -0.1) is 0 Å². The van der Waals surface area contributed by atoms with Crippen molar-refractivity contribution in [2.24, 2.45) is 0 Å². The van der Waals surface area contributed by atoms with Crippen LogP contribution >= 0.6 is 35.0 Å². The molecule has 1 amide bonds. The molecule has 0 saturated heterocycles. The van der Waals surface area contributed by atoms with Gasteiger partial charge < -0.3 is 5.32 Å². The second-order valence-corrected chi connectivity index (χ2v) is 11.6. The Morgan fingerprint density at radius 2 is 1.71 bits per heavy atom. The number of carbonyl (C=O) groups excluding carboxylic acids is 1. The summed E-state index contributed by atoms with van der Waals surface area (Å²) >= 11 is 13.7. The third-order valence-corrected chi connectivity index (χ3v) is 8.49. The molecule has 0 spiro atoms. The highest BCUT2D eigenvalue weighted by molar-refractivity contribution is 7.98. The van der Waals surface area contributed by atoms with Crippen molar-refractivity contribution in [3.63, 3.8) is 0 Å². The Bertz CT molecular complexity index is 1250. The maximum Gasteiger partial charge on any atom is 0.264 e. The fourth-order valence-electron chi connectivity index (χ4n) is 3.25. The highest BCUT2D eigenvalue weighted by Crippen LogP contribution is 2.27. The van der Waals surface area contributed by atoms with E-state index in [9.17, 15) is 13.2 Å². The molecule has 1 N–H and O–H groups in total. The Morgan fingerprint density at radius 3 is 2.38 bits per heavy atom. The number of thioether (sulfide) groups is 1. The Kier molecular flexibility index (Phi) is 9.31. The number of para-hydroxylation sites is 1. The topological polar surface area (TPSA) is 66.5 Å². The molecular formula is C25H26Cl2N2O3S2. The molecule has 0 fully saturated rings. The van der Waals surface area contributed by atoms with Crippen molar-refractivity contribution in [1.82, 2.24) is 5.32 Å². The maximum atomic E-state index is 13.4. The monoisotopic (exact) mass is 536 g/mol. The molecule has 0 aromatic heterocycles. The van der Waals surface area contributed by atoms with Gasteiger partial charge in [-0.25, -0.2) is 8.42 Å². The summed E-state index contributed by atoms with van der Waals surface area (Å²) in [5.74, 6) is 0.965. The van der Waals surface area contributed by atoms with Crippen LogP contribution in [0.5, 0.6) is 0 Å². The first kappa shape index (κ1) is 26.4. The second kappa shape index (κ2) is 12.0. The van der Waals surface area contributed by atoms with Crippen LogP contribution in [-0.2, 0) is 20.6 Å². The van der Waals surface area contributed by atoms with Crippen LogP contribution in [0.2, 0.25) is 10.0 Å². The normalized spacial score (nSPS) is 11.3. The Labute approximate surface area is 215 Å². The first-order chi connectivity index (χ1) is 16.2. The number of rotatable bonds is 10. The molecule has 0 aliphatic heterocycles. The first-order valence-electron chi connectivity index (χ1n) is 10.6. The van der Waals surface area contributed by atoms with Crippen LogP contribution < -0.4 is 9.62 Å². The molecule has 34 heavy (non-hydrogen) atoms. The summed E-state index contributed by atoms with van der Waals surface area (Å²) in [4.78, 5) is 12.9. The summed E-state index contributed by atoms with van der Waals surface area (Å²) in [5.41, 5.74) is 3.17. The molecule has 0 heterocycles. The minimum atomic E-state index is -3.93. The SMILES string of the molecule is Cc1ccc(S(=O)(=O)N(CC(=O)NCCSCc2ccc(Cl)cc2Cl)c2ccccc2C)cc1. The first-order valence-corrected chi connectivity index (χ1v) is 14.0. The molecule has 3 aromatic rings. The van der Waals surface area contributed by atoms with Crippen molar-refractivity contribution >= 4 is 56.6 Å². The average molecular weight is 538 g/mol. The number of halogens is 2. The molecule has 9 heteroatoms. The van der Waals surface area contributed by atoms with E-state index in [4.69, 9.17) is 23.2 Å². The molecule has 0 aliphatic rings. The van der Waals surface area contributed by atoms with Gasteiger partial charge in [0.15, 0.2) is 0 Å². The van der Waals surface area contributed by atoms with E-state index in [2.05, 4.69) is 5.32 Å². The van der Waals surface area contributed by atoms with Crippen molar-refractivity contribution in [2.75, 3.05) is 23.1 Å². The summed E-state index contributed by atoms with van der Waals surface area (Å²) in [6.07, 6.45) is 0. The second-order valence-electron chi connectivity index (χ2n) is 7.75. The number of hydrogen-bond acceptors (Lipinski definition) is 4. The van der Waals surface area contributed by atoms with E-state index in [1.807, 2.05) is 32.0 Å². The van der Waals surface area contributed by atoms with E-state index in [0.717, 1.165) is 16.7 Å². The standard InChI is InChI=1S/C25H26Cl2N2O3S2/c1-18-7-11-22(12-8-18)34(31,32)29(24-6-4-3-5-19(24)2)16-25(30)28-13-14-33-17-20-9-10-21(26)15-23(20)27/h3-12,15H,13-14,16-17H2,1-2H3,(H,28,30). The maximum absolute atomic E-state index is 13.4. The fourth-order valence-corrected chi connectivity index (χ4v) is 6.15. The van der Waals surface area contributed by atoms with Gasteiger partial charge in [0.1, 0.15) is 6.54 Å². The van der Waals surface area contributed by atoms with Gasteiger partial charge in [-0.1, -0.05) is 65.2 Å². The van der Waals surface area contributed by atoms with Crippen LogP contribution in [0, 0.1) is 13.8 Å². The molecule has 180 valence electrons. The van der Waals surface area contributed by atoms with E-state index in [1.54, 1.807) is 60.3 Å². The molecule has 0 radical (unpaired) electrons. The number of benzene rings is 3. The molecule has 3 aromatic carbocycles. The Hall–Kier alpha value is -2.19. The van der Waals surface area contributed by atoms with Crippen molar-refractivity contribution < 1.29 is 13.2 Å². The predicted octanol–water partition coefficient (Wildman–Crippen LogP) is 5.86. The van der Waals surface area contributed by atoms with Gasteiger partial charge in [0.25, 0.3) is 10.0 Å². The molecule has 5 nitrogen and oxygen atoms in total. The summed E-state index contributed by atoms with van der Waals surface area (Å²) in [5, 5.41) is 4.02. The lowest BCUT2D eigenvalue weighted by Gasteiger charge is -2.25. The molecular weight excluding hydrogens is 511 g/mol. The number of anilines is 1. The van der Waals surface area contributed by atoms with Crippen LogP contribution in [0.3, 0.4) is 0 Å². The molecule has 0 unspecified atom stereocenters. The molecule has 0 atom stereocenters. The quantitative estimate of drug-likeness (QED) is 0.329. The number of aryl methyl sites for hydroxylation is 2. The van der Waals surface area contributed by atoms with Crippen molar-refractivity contribution in [2.45, 2.75) is 24.5 Å². The van der Waals surface area contributed by atoms with Gasteiger partial charge >= 0.3 is 0 Å². The van der Waals surface area contributed by atoms with Gasteiger partial charge in [0.2, 0.25) is 5.91 Å². The summed E-state index contributed by atoms with van der Waals surface area (Å²) < 4.78 is 28.1. The van der Waals surface area contributed by atoms with E-state index < -0.39 is 10.0 Å². The highest BCUT2D eigenvalue weighted by Gasteiger charge is 2.28. The van der Waals surface area contributed by atoms with Crippen LogP contribution in [0.25, 0.3) is 0 Å². The van der Waals surface area contributed by atoms with Gasteiger partial charge in [-0.3, -0.25) is 9.10 Å².